The lowest BCUT2D eigenvalue weighted by atomic mass is 9.95. The molecule has 0 radical (unpaired) electrons. The van der Waals surface area contributed by atoms with Crippen LogP contribution in [0.5, 0.6) is 5.75 Å². The number of nitrogens with one attached hydrogen (secondary N) is 1. The van der Waals surface area contributed by atoms with Crippen molar-refractivity contribution in [3.05, 3.63) is 28.8 Å². The van der Waals surface area contributed by atoms with Crippen LogP contribution < -0.4 is 10.1 Å². The van der Waals surface area contributed by atoms with Crippen molar-refractivity contribution < 1.29 is 9.47 Å². The summed E-state index contributed by atoms with van der Waals surface area (Å²) in [6.45, 7) is 7.98. The van der Waals surface area contributed by atoms with Gasteiger partial charge >= 0.3 is 0 Å². The van der Waals surface area contributed by atoms with Crippen LogP contribution in [0, 0.1) is 13.8 Å². The van der Waals surface area contributed by atoms with Crippen molar-refractivity contribution in [2.45, 2.75) is 32.9 Å². The third-order valence-electron chi connectivity index (χ3n) is 3.30. The highest BCUT2D eigenvalue weighted by atomic mass is 16.5. The first-order chi connectivity index (χ1) is 8.13. The van der Waals surface area contributed by atoms with Crippen molar-refractivity contribution in [1.29, 1.82) is 0 Å². The molecule has 1 aliphatic heterocycles. The van der Waals surface area contributed by atoms with E-state index in [4.69, 9.17) is 9.47 Å². The van der Waals surface area contributed by atoms with Crippen molar-refractivity contribution >= 4 is 0 Å². The van der Waals surface area contributed by atoms with Crippen molar-refractivity contribution in [2.24, 2.45) is 0 Å². The number of methoxy groups -OCH3 is 1. The first-order valence-corrected chi connectivity index (χ1v) is 6.13. The molecule has 17 heavy (non-hydrogen) atoms. The maximum atomic E-state index is 5.71. The SMILES string of the molecule is COc1c(C)cc(C)cc1C1NCCOC1C. The Morgan fingerprint density at radius 3 is 2.76 bits per heavy atom. The Hall–Kier alpha value is -1.06. The molecule has 1 fully saturated rings. The van der Waals surface area contributed by atoms with Crippen molar-refractivity contribution in [3.8, 4) is 5.75 Å². The van der Waals surface area contributed by atoms with Gasteiger partial charge < -0.3 is 14.8 Å². The topological polar surface area (TPSA) is 30.5 Å². The summed E-state index contributed by atoms with van der Waals surface area (Å²) in [6, 6.07) is 4.56. The molecule has 94 valence electrons. The van der Waals surface area contributed by atoms with Crippen LogP contribution in [0.2, 0.25) is 0 Å². The number of rotatable bonds is 2. The smallest absolute Gasteiger partial charge is 0.126 e. The fourth-order valence-electron chi connectivity index (χ4n) is 2.58. The summed E-state index contributed by atoms with van der Waals surface area (Å²) in [5, 5.41) is 3.51. The number of hydrogen-bond donors (Lipinski definition) is 1. The molecule has 0 spiro atoms. The Kier molecular flexibility index (Phi) is 3.69. The lowest BCUT2D eigenvalue weighted by Gasteiger charge is -2.32. The summed E-state index contributed by atoms with van der Waals surface area (Å²) >= 11 is 0. The minimum absolute atomic E-state index is 0.179. The van der Waals surface area contributed by atoms with Crippen LogP contribution >= 0.6 is 0 Å². The third-order valence-corrected chi connectivity index (χ3v) is 3.30. The highest BCUT2D eigenvalue weighted by Gasteiger charge is 2.26. The first kappa shape index (κ1) is 12.4. The predicted octanol–water partition coefficient (Wildman–Crippen LogP) is 2.36. The molecule has 1 aromatic carbocycles. The summed E-state index contributed by atoms with van der Waals surface area (Å²) in [4.78, 5) is 0. The number of benzene rings is 1. The van der Waals surface area contributed by atoms with Crippen LogP contribution in [-0.2, 0) is 4.74 Å². The maximum Gasteiger partial charge on any atom is 0.126 e. The van der Waals surface area contributed by atoms with Gasteiger partial charge in [0, 0.05) is 12.1 Å². The van der Waals surface area contributed by atoms with Crippen LogP contribution in [-0.4, -0.2) is 26.4 Å². The van der Waals surface area contributed by atoms with E-state index in [1.807, 2.05) is 0 Å². The van der Waals surface area contributed by atoms with Gasteiger partial charge in [-0.2, -0.15) is 0 Å². The minimum Gasteiger partial charge on any atom is -0.496 e. The Bertz CT molecular complexity index is 403. The van der Waals surface area contributed by atoms with Gasteiger partial charge in [0.05, 0.1) is 25.9 Å². The van der Waals surface area contributed by atoms with Crippen LogP contribution in [0.15, 0.2) is 12.1 Å². The van der Waals surface area contributed by atoms with E-state index in [9.17, 15) is 0 Å². The average molecular weight is 235 g/mol. The molecule has 3 heteroatoms. The largest absolute Gasteiger partial charge is 0.496 e. The normalized spacial score (nSPS) is 24.7. The van der Waals surface area contributed by atoms with Gasteiger partial charge in [-0.1, -0.05) is 17.7 Å². The molecule has 3 nitrogen and oxygen atoms in total. The summed E-state index contributed by atoms with van der Waals surface area (Å²) in [5.74, 6) is 0.977. The van der Waals surface area contributed by atoms with Crippen LogP contribution in [0.1, 0.15) is 29.7 Å². The molecule has 1 N–H and O–H groups in total. The lowest BCUT2D eigenvalue weighted by Crippen LogP contribution is -2.40. The Morgan fingerprint density at radius 2 is 2.12 bits per heavy atom. The molecule has 0 amide bonds. The molecule has 2 atom stereocenters. The molecule has 1 aromatic rings. The molecule has 2 rings (SSSR count). The van der Waals surface area contributed by atoms with Crippen molar-refractivity contribution in [2.75, 3.05) is 20.3 Å². The third kappa shape index (κ3) is 2.45. The second-order valence-corrected chi connectivity index (χ2v) is 4.71. The highest BCUT2D eigenvalue weighted by molar-refractivity contribution is 5.46. The van der Waals surface area contributed by atoms with Gasteiger partial charge in [-0.05, 0) is 26.3 Å². The standard InChI is InChI=1S/C14H21NO2/c1-9-7-10(2)14(16-4)12(8-9)13-11(3)17-6-5-15-13/h7-8,11,13,15H,5-6H2,1-4H3. The van der Waals surface area contributed by atoms with Gasteiger partial charge in [0.25, 0.3) is 0 Å². The van der Waals surface area contributed by atoms with Gasteiger partial charge in [0.2, 0.25) is 0 Å². The Morgan fingerprint density at radius 1 is 1.35 bits per heavy atom. The highest BCUT2D eigenvalue weighted by Crippen LogP contribution is 2.33. The van der Waals surface area contributed by atoms with E-state index in [0.29, 0.717) is 0 Å². The van der Waals surface area contributed by atoms with Gasteiger partial charge in [-0.3, -0.25) is 0 Å². The molecule has 0 aromatic heterocycles. The van der Waals surface area contributed by atoms with Crippen molar-refractivity contribution in [1.82, 2.24) is 5.32 Å². The number of morpholine rings is 1. The van der Waals surface area contributed by atoms with Gasteiger partial charge in [-0.25, -0.2) is 0 Å². The van der Waals surface area contributed by atoms with Crippen LogP contribution in [0.4, 0.5) is 0 Å². The average Bonchev–Trinajstić information content (AvgIpc) is 2.28. The van der Waals surface area contributed by atoms with Crippen LogP contribution in [0.3, 0.4) is 0 Å². The Labute approximate surface area is 103 Å². The molecule has 1 heterocycles. The van der Waals surface area contributed by atoms with Crippen LogP contribution in [0.25, 0.3) is 0 Å². The number of aryl methyl sites for hydroxylation is 2. The van der Waals surface area contributed by atoms with E-state index in [-0.39, 0.29) is 12.1 Å². The zero-order valence-corrected chi connectivity index (χ0v) is 11.0. The molecular formula is C14H21NO2. The lowest BCUT2D eigenvalue weighted by molar-refractivity contribution is 0.00692. The summed E-state index contributed by atoms with van der Waals surface area (Å²) in [6.07, 6.45) is 0.179. The summed E-state index contributed by atoms with van der Waals surface area (Å²) in [5.41, 5.74) is 3.65. The maximum absolute atomic E-state index is 5.71. The zero-order chi connectivity index (χ0) is 12.4. The fourth-order valence-corrected chi connectivity index (χ4v) is 2.58. The second-order valence-electron chi connectivity index (χ2n) is 4.71. The summed E-state index contributed by atoms with van der Waals surface area (Å²) in [7, 11) is 1.73. The van der Waals surface area contributed by atoms with Gasteiger partial charge in [0.15, 0.2) is 0 Å². The van der Waals surface area contributed by atoms with E-state index >= 15 is 0 Å². The van der Waals surface area contributed by atoms with E-state index in [0.717, 1.165) is 18.9 Å². The quantitative estimate of drug-likeness (QED) is 0.853. The number of hydrogen-bond acceptors (Lipinski definition) is 3. The predicted molar refractivity (Wildman–Crippen MR) is 68.6 cm³/mol. The molecule has 0 bridgehead atoms. The monoisotopic (exact) mass is 235 g/mol. The minimum atomic E-state index is 0.179. The number of ether oxygens (including phenoxy) is 2. The molecule has 1 aliphatic rings. The van der Waals surface area contributed by atoms with Gasteiger partial charge in [-0.15, -0.1) is 0 Å². The van der Waals surface area contributed by atoms with E-state index < -0.39 is 0 Å². The summed E-state index contributed by atoms with van der Waals surface area (Å²) < 4.78 is 11.2. The molecule has 0 saturated carbocycles. The van der Waals surface area contributed by atoms with Crippen molar-refractivity contribution in [3.63, 3.8) is 0 Å². The Balaban J connectivity index is 2.42. The molecule has 1 saturated heterocycles. The molecule has 2 unspecified atom stereocenters. The second kappa shape index (κ2) is 5.07. The zero-order valence-electron chi connectivity index (χ0n) is 11.0. The van der Waals surface area contributed by atoms with E-state index in [1.54, 1.807) is 7.11 Å². The van der Waals surface area contributed by atoms with E-state index in [1.165, 1.54) is 16.7 Å². The van der Waals surface area contributed by atoms with Gasteiger partial charge in [0.1, 0.15) is 5.75 Å². The fraction of sp³-hybridized carbons (Fsp3) is 0.571. The molecule has 0 aliphatic carbocycles. The first-order valence-electron chi connectivity index (χ1n) is 6.13. The van der Waals surface area contributed by atoms with E-state index in [2.05, 4.69) is 38.2 Å². The molecular weight excluding hydrogens is 214 g/mol.